The molecule has 0 aliphatic carbocycles. The number of hydrogen-bond acceptors (Lipinski definition) is 2. The van der Waals surface area contributed by atoms with E-state index in [4.69, 9.17) is 4.74 Å². The molecule has 0 heterocycles. The zero-order valence-electron chi connectivity index (χ0n) is 11.7. The van der Waals surface area contributed by atoms with E-state index in [1.54, 1.807) is 11.7 Å². The molecule has 1 unspecified atom stereocenters. The monoisotopic (exact) mass is 286 g/mol. The standard InChI is InChI=1S/C17H18O2S/c1-14-8-9-16(10-11-20(2)18)17(12-14)19-13-15-6-4-3-5-7-15/h3-12H,13H2,1-2H3. The summed E-state index contributed by atoms with van der Waals surface area (Å²) in [5, 5.41) is 1.67. The van der Waals surface area contributed by atoms with Gasteiger partial charge in [-0.05, 0) is 41.4 Å². The van der Waals surface area contributed by atoms with Gasteiger partial charge in [0.2, 0.25) is 0 Å². The summed E-state index contributed by atoms with van der Waals surface area (Å²) < 4.78 is 17.0. The van der Waals surface area contributed by atoms with Crippen molar-refractivity contribution in [3.8, 4) is 5.75 Å². The normalized spacial score (nSPS) is 12.6. The van der Waals surface area contributed by atoms with E-state index in [1.807, 2.05) is 61.5 Å². The van der Waals surface area contributed by atoms with E-state index in [0.717, 1.165) is 22.4 Å². The summed E-state index contributed by atoms with van der Waals surface area (Å²) in [6, 6.07) is 16.1. The summed E-state index contributed by atoms with van der Waals surface area (Å²) >= 11 is -0.956. The highest BCUT2D eigenvalue weighted by Gasteiger charge is 2.03. The van der Waals surface area contributed by atoms with Gasteiger partial charge in [0.1, 0.15) is 17.8 Å². The molecule has 0 aliphatic rings. The van der Waals surface area contributed by atoms with Crippen LogP contribution in [0.4, 0.5) is 0 Å². The van der Waals surface area contributed by atoms with Crippen molar-refractivity contribution in [1.29, 1.82) is 0 Å². The highest BCUT2D eigenvalue weighted by atomic mass is 32.2. The summed E-state index contributed by atoms with van der Waals surface area (Å²) in [5.41, 5.74) is 3.22. The van der Waals surface area contributed by atoms with Crippen LogP contribution in [0.1, 0.15) is 16.7 Å². The Kier molecular flexibility index (Phi) is 5.27. The Labute approximate surface area is 123 Å². The third-order valence-corrected chi connectivity index (χ3v) is 3.36. The average molecular weight is 286 g/mol. The molecule has 3 heteroatoms. The minimum atomic E-state index is -0.956. The SMILES string of the molecule is Cc1ccc(C=C[S+](C)[O-])c(OCc2ccccc2)c1. The van der Waals surface area contributed by atoms with Gasteiger partial charge in [-0.25, -0.2) is 0 Å². The first kappa shape index (κ1) is 14.7. The van der Waals surface area contributed by atoms with Crippen molar-refractivity contribution in [2.45, 2.75) is 13.5 Å². The van der Waals surface area contributed by atoms with Crippen molar-refractivity contribution in [1.82, 2.24) is 0 Å². The van der Waals surface area contributed by atoms with Crippen molar-refractivity contribution >= 4 is 17.3 Å². The fourth-order valence-corrected chi connectivity index (χ4v) is 2.15. The van der Waals surface area contributed by atoms with Crippen LogP contribution in [0.15, 0.2) is 53.9 Å². The summed E-state index contributed by atoms with van der Waals surface area (Å²) in [4.78, 5) is 0. The maximum Gasteiger partial charge on any atom is 0.127 e. The average Bonchev–Trinajstić information content (AvgIpc) is 2.45. The van der Waals surface area contributed by atoms with Crippen molar-refractivity contribution in [3.05, 3.63) is 70.6 Å². The molecule has 0 amide bonds. The lowest BCUT2D eigenvalue weighted by molar-refractivity contribution is 0.305. The minimum Gasteiger partial charge on any atom is -0.612 e. The first-order chi connectivity index (χ1) is 9.65. The van der Waals surface area contributed by atoms with E-state index < -0.39 is 11.2 Å². The lowest BCUT2D eigenvalue weighted by atomic mass is 10.1. The van der Waals surface area contributed by atoms with Gasteiger partial charge in [-0.15, -0.1) is 0 Å². The molecule has 2 aromatic carbocycles. The van der Waals surface area contributed by atoms with Gasteiger partial charge in [0.15, 0.2) is 0 Å². The summed E-state index contributed by atoms with van der Waals surface area (Å²) in [7, 11) is 0. The molecule has 0 radical (unpaired) electrons. The zero-order valence-corrected chi connectivity index (χ0v) is 12.5. The third kappa shape index (κ3) is 4.44. The molecule has 20 heavy (non-hydrogen) atoms. The molecule has 104 valence electrons. The summed E-state index contributed by atoms with van der Waals surface area (Å²) in [6.45, 7) is 2.56. The minimum absolute atomic E-state index is 0.528. The molecular weight excluding hydrogens is 268 g/mol. The summed E-state index contributed by atoms with van der Waals surface area (Å²) in [5.74, 6) is 0.815. The second kappa shape index (κ2) is 7.17. The van der Waals surface area contributed by atoms with Crippen LogP contribution in [0.3, 0.4) is 0 Å². The lowest BCUT2D eigenvalue weighted by Crippen LogP contribution is -1.97. The Bertz CT molecular complexity index is 577. The largest absolute Gasteiger partial charge is 0.612 e. The van der Waals surface area contributed by atoms with E-state index in [-0.39, 0.29) is 0 Å². The van der Waals surface area contributed by atoms with E-state index in [2.05, 4.69) is 0 Å². The number of benzene rings is 2. The highest BCUT2D eigenvalue weighted by molar-refractivity contribution is 7.93. The highest BCUT2D eigenvalue weighted by Crippen LogP contribution is 2.23. The van der Waals surface area contributed by atoms with Gasteiger partial charge < -0.3 is 9.29 Å². The number of hydrogen-bond donors (Lipinski definition) is 0. The zero-order chi connectivity index (χ0) is 14.4. The maximum absolute atomic E-state index is 11.2. The van der Waals surface area contributed by atoms with Crippen LogP contribution in [0.5, 0.6) is 5.75 Å². The molecule has 2 rings (SSSR count). The number of aryl methyl sites for hydroxylation is 1. The topological polar surface area (TPSA) is 32.3 Å². The third-order valence-electron chi connectivity index (χ3n) is 2.85. The fourth-order valence-electron chi connectivity index (χ4n) is 1.81. The van der Waals surface area contributed by atoms with Crippen LogP contribution in [-0.2, 0) is 17.8 Å². The Morgan fingerprint density at radius 1 is 1.15 bits per heavy atom. The maximum atomic E-state index is 11.2. The van der Waals surface area contributed by atoms with Crippen LogP contribution < -0.4 is 4.74 Å². The van der Waals surface area contributed by atoms with Crippen molar-refractivity contribution in [2.24, 2.45) is 0 Å². The van der Waals surface area contributed by atoms with Gasteiger partial charge >= 0.3 is 0 Å². The quantitative estimate of drug-likeness (QED) is 0.780. The second-order valence-electron chi connectivity index (χ2n) is 4.62. The summed E-state index contributed by atoms with van der Waals surface area (Å²) in [6.07, 6.45) is 3.49. The molecule has 0 aromatic heterocycles. The van der Waals surface area contributed by atoms with Gasteiger partial charge in [0.05, 0.1) is 6.26 Å². The van der Waals surface area contributed by atoms with Gasteiger partial charge in [0.25, 0.3) is 0 Å². The van der Waals surface area contributed by atoms with Crippen LogP contribution in [0.25, 0.3) is 6.08 Å². The Morgan fingerprint density at radius 3 is 2.60 bits per heavy atom. The number of ether oxygens (including phenoxy) is 1. The second-order valence-corrected chi connectivity index (χ2v) is 5.89. The molecular formula is C17H18O2S. The predicted octanol–water partition coefficient (Wildman–Crippen LogP) is 3.92. The van der Waals surface area contributed by atoms with E-state index in [9.17, 15) is 4.55 Å². The van der Waals surface area contributed by atoms with Crippen molar-refractivity contribution in [2.75, 3.05) is 6.26 Å². The molecule has 0 spiro atoms. The van der Waals surface area contributed by atoms with E-state index >= 15 is 0 Å². The van der Waals surface area contributed by atoms with Crippen molar-refractivity contribution < 1.29 is 9.29 Å². The number of rotatable bonds is 5. The van der Waals surface area contributed by atoms with Gasteiger partial charge in [0, 0.05) is 5.56 Å². The van der Waals surface area contributed by atoms with E-state index in [0.29, 0.717) is 6.61 Å². The molecule has 0 N–H and O–H groups in total. The fraction of sp³-hybridized carbons (Fsp3) is 0.176. The smallest absolute Gasteiger partial charge is 0.127 e. The van der Waals surface area contributed by atoms with Crippen LogP contribution >= 0.6 is 0 Å². The molecule has 1 atom stereocenters. The first-order valence-corrected chi connectivity index (χ1v) is 8.05. The Morgan fingerprint density at radius 2 is 1.90 bits per heavy atom. The molecule has 0 aliphatic heterocycles. The van der Waals surface area contributed by atoms with Gasteiger partial charge in [-0.2, -0.15) is 0 Å². The molecule has 0 saturated carbocycles. The van der Waals surface area contributed by atoms with Gasteiger partial charge in [-0.3, -0.25) is 0 Å². The Balaban J connectivity index is 2.15. The van der Waals surface area contributed by atoms with Gasteiger partial charge in [-0.1, -0.05) is 42.5 Å². The van der Waals surface area contributed by atoms with E-state index in [1.165, 1.54) is 0 Å². The molecule has 2 nitrogen and oxygen atoms in total. The Hall–Kier alpha value is -1.71. The van der Waals surface area contributed by atoms with Crippen LogP contribution in [0, 0.1) is 6.92 Å². The molecule has 0 saturated heterocycles. The molecule has 0 bridgehead atoms. The molecule has 0 fully saturated rings. The molecule has 2 aromatic rings. The lowest BCUT2D eigenvalue weighted by Gasteiger charge is -2.10. The van der Waals surface area contributed by atoms with Crippen LogP contribution in [-0.4, -0.2) is 10.8 Å². The predicted molar refractivity (Wildman–Crippen MR) is 85.1 cm³/mol. The van der Waals surface area contributed by atoms with Crippen LogP contribution in [0.2, 0.25) is 0 Å². The van der Waals surface area contributed by atoms with Crippen molar-refractivity contribution in [3.63, 3.8) is 0 Å². The first-order valence-electron chi connectivity index (χ1n) is 6.43.